The molecule has 0 atom stereocenters. The second-order valence-corrected chi connectivity index (χ2v) is 6.56. The fourth-order valence-electron chi connectivity index (χ4n) is 1.65. The number of anilines is 1. The third-order valence-electron chi connectivity index (χ3n) is 2.69. The van der Waals surface area contributed by atoms with Crippen molar-refractivity contribution in [1.29, 1.82) is 0 Å². The Morgan fingerprint density at radius 2 is 2.05 bits per heavy atom. The number of amides is 1. The van der Waals surface area contributed by atoms with E-state index in [4.69, 9.17) is 5.11 Å². The molecule has 2 N–H and O–H groups in total. The maximum Gasteiger partial charge on any atom is 0.265 e. The number of aryl methyl sites for hydroxylation is 1. The summed E-state index contributed by atoms with van der Waals surface area (Å²) >= 11 is 4.84. The van der Waals surface area contributed by atoms with Gasteiger partial charge in [0, 0.05) is 12.3 Å². The van der Waals surface area contributed by atoms with Gasteiger partial charge in [0.25, 0.3) is 5.91 Å². The predicted molar refractivity (Wildman–Crippen MR) is 81.9 cm³/mol. The van der Waals surface area contributed by atoms with Crippen LogP contribution in [0.3, 0.4) is 0 Å². The van der Waals surface area contributed by atoms with Crippen LogP contribution in [0, 0.1) is 6.92 Å². The number of hydrogen-bond acceptors (Lipinski definition) is 3. The highest BCUT2D eigenvalue weighted by molar-refractivity contribution is 9.11. The van der Waals surface area contributed by atoms with Crippen LogP contribution in [0.25, 0.3) is 0 Å². The van der Waals surface area contributed by atoms with Gasteiger partial charge in [-0.1, -0.05) is 12.1 Å². The zero-order chi connectivity index (χ0) is 13.8. The van der Waals surface area contributed by atoms with Crippen LogP contribution in [-0.4, -0.2) is 17.6 Å². The zero-order valence-electron chi connectivity index (χ0n) is 10.4. The lowest BCUT2D eigenvalue weighted by Crippen LogP contribution is -2.10. The molecule has 3 nitrogen and oxygen atoms in total. The van der Waals surface area contributed by atoms with E-state index in [1.54, 1.807) is 0 Å². The minimum Gasteiger partial charge on any atom is -0.396 e. The molecule has 5 heteroatoms. The van der Waals surface area contributed by atoms with Crippen LogP contribution in [0.1, 0.15) is 20.8 Å². The largest absolute Gasteiger partial charge is 0.396 e. The van der Waals surface area contributed by atoms with E-state index in [1.165, 1.54) is 11.3 Å². The molecule has 0 aliphatic carbocycles. The van der Waals surface area contributed by atoms with Gasteiger partial charge in [-0.2, -0.15) is 0 Å². The van der Waals surface area contributed by atoms with Gasteiger partial charge in [0.15, 0.2) is 0 Å². The van der Waals surface area contributed by atoms with Gasteiger partial charge in [-0.15, -0.1) is 11.3 Å². The number of thiophene rings is 1. The number of halogens is 1. The van der Waals surface area contributed by atoms with Gasteiger partial charge in [0.1, 0.15) is 0 Å². The molecule has 0 aliphatic heterocycles. The maximum absolute atomic E-state index is 12.0. The van der Waals surface area contributed by atoms with Gasteiger partial charge < -0.3 is 10.4 Å². The summed E-state index contributed by atoms with van der Waals surface area (Å²) < 4.78 is 0.982. The van der Waals surface area contributed by atoms with Crippen molar-refractivity contribution in [2.75, 3.05) is 11.9 Å². The molecule has 0 fully saturated rings. The minimum absolute atomic E-state index is 0.103. The Bertz CT molecular complexity index is 558. The summed E-state index contributed by atoms with van der Waals surface area (Å²) in [7, 11) is 0. The Labute approximate surface area is 124 Å². The number of aliphatic hydroxyl groups is 1. The van der Waals surface area contributed by atoms with Gasteiger partial charge in [0.05, 0.1) is 8.66 Å². The Hall–Kier alpha value is -1.17. The molecule has 1 aromatic carbocycles. The molecule has 0 unspecified atom stereocenters. The number of aliphatic hydroxyl groups excluding tert-OH is 1. The van der Waals surface area contributed by atoms with E-state index in [9.17, 15) is 4.79 Å². The molecule has 0 saturated carbocycles. The van der Waals surface area contributed by atoms with E-state index >= 15 is 0 Å². The summed E-state index contributed by atoms with van der Waals surface area (Å²) in [5.74, 6) is -0.103. The van der Waals surface area contributed by atoms with Crippen molar-refractivity contribution >= 4 is 38.9 Å². The lowest BCUT2D eigenvalue weighted by molar-refractivity contribution is 0.103. The van der Waals surface area contributed by atoms with Crippen LogP contribution in [-0.2, 0) is 6.42 Å². The summed E-state index contributed by atoms with van der Waals surface area (Å²) in [6, 6.07) is 9.36. The van der Waals surface area contributed by atoms with Crippen molar-refractivity contribution in [2.24, 2.45) is 0 Å². The second kappa shape index (κ2) is 6.32. The molecule has 0 radical (unpaired) electrons. The molecular formula is C14H14BrNO2S. The third-order valence-corrected chi connectivity index (χ3v) is 4.83. The van der Waals surface area contributed by atoms with Crippen molar-refractivity contribution in [3.8, 4) is 0 Å². The van der Waals surface area contributed by atoms with Crippen molar-refractivity contribution in [3.63, 3.8) is 0 Å². The van der Waals surface area contributed by atoms with E-state index < -0.39 is 0 Å². The summed E-state index contributed by atoms with van der Waals surface area (Å²) in [6.45, 7) is 2.09. The first-order valence-corrected chi connectivity index (χ1v) is 7.48. The number of carbonyl (C=O) groups is 1. The van der Waals surface area contributed by atoms with Gasteiger partial charge in [0.2, 0.25) is 0 Å². The highest BCUT2D eigenvalue weighted by Crippen LogP contribution is 2.27. The van der Waals surface area contributed by atoms with Crippen LogP contribution >= 0.6 is 27.3 Å². The van der Waals surface area contributed by atoms with Gasteiger partial charge in [-0.05, 0) is 58.6 Å². The fourth-order valence-corrected chi connectivity index (χ4v) is 3.08. The zero-order valence-corrected chi connectivity index (χ0v) is 12.8. The predicted octanol–water partition coefficient (Wildman–Crippen LogP) is 3.61. The quantitative estimate of drug-likeness (QED) is 0.893. The molecule has 0 aliphatic rings. The van der Waals surface area contributed by atoms with Gasteiger partial charge in [-0.25, -0.2) is 0 Å². The van der Waals surface area contributed by atoms with Crippen molar-refractivity contribution in [3.05, 3.63) is 50.1 Å². The number of nitrogens with one attached hydrogen (secondary N) is 1. The van der Waals surface area contributed by atoms with Crippen LogP contribution in [0.4, 0.5) is 5.69 Å². The Kier molecular flexibility index (Phi) is 4.74. The molecule has 1 amide bonds. The lowest BCUT2D eigenvalue weighted by atomic mass is 10.1. The van der Waals surface area contributed by atoms with Crippen LogP contribution in [0.2, 0.25) is 0 Å². The highest BCUT2D eigenvalue weighted by atomic mass is 79.9. The molecule has 2 rings (SSSR count). The van der Waals surface area contributed by atoms with Crippen molar-refractivity contribution in [1.82, 2.24) is 0 Å². The molecule has 19 heavy (non-hydrogen) atoms. The van der Waals surface area contributed by atoms with E-state index in [1.807, 2.05) is 37.3 Å². The van der Waals surface area contributed by atoms with Gasteiger partial charge >= 0.3 is 0 Å². The Morgan fingerprint density at radius 1 is 1.37 bits per heavy atom. The smallest absolute Gasteiger partial charge is 0.265 e. The molecule has 2 aromatic rings. The normalized spacial score (nSPS) is 10.5. The summed E-state index contributed by atoms with van der Waals surface area (Å²) in [5.41, 5.74) is 2.87. The molecule has 0 spiro atoms. The van der Waals surface area contributed by atoms with Crippen LogP contribution < -0.4 is 5.32 Å². The Balaban J connectivity index is 2.06. The van der Waals surface area contributed by atoms with E-state index in [0.717, 1.165) is 20.6 Å². The van der Waals surface area contributed by atoms with Gasteiger partial charge in [-0.3, -0.25) is 4.79 Å². The standard InChI is InChI=1S/C14H14BrNO2S/c1-9-8-12(19-13(9)15)14(18)16-11-4-2-10(3-5-11)6-7-17/h2-5,8,17H,6-7H2,1H3,(H,16,18). The van der Waals surface area contributed by atoms with E-state index in [2.05, 4.69) is 21.2 Å². The summed E-state index contributed by atoms with van der Waals surface area (Å²) in [5, 5.41) is 11.7. The van der Waals surface area contributed by atoms with Crippen molar-refractivity contribution < 1.29 is 9.90 Å². The fraction of sp³-hybridized carbons (Fsp3) is 0.214. The number of carbonyl (C=O) groups excluding carboxylic acids is 1. The average Bonchev–Trinajstić information content (AvgIpc) is 2.72. The minimum atomic E-state index is -0.103. The number of benzene rings is 1. The number of hydrogen-bond donors (Lipinski definition) is 2. The molecule has 0 bridgehead atoms. The lowest BCUT2D eigenvalue weighted by Gasteiger charge is -2.04. The molecular weight excluding hydrogens is 326 g/mol. The highest BCUT2D eigenvalue weighted by Gasteiger charge is 2.11. The number of rotatable bonds is 4. The maximum atomic E-state index is 12.0. The van der Waals surface area contributed by atoms with Crippen molar-refractivity contribution in [2.45, 2.75) is 13.3 Å². The first-order valence-electron chi connectivity index (χ1n) is 5.87. The van der Waals surface area contributed by atoms with Crippen LogP contribution in [0.5, 0.6) is 0 Å². The molecule has 1 aromatic heterocycles. The van der Waals surface area contributed by atoms with E-state index in [-0.39, 0.29) is 12.5 Å². The van der Waals surface area contributed by atoms with Crippen LogP contribution in [0.15, 0.2) is 34.1 Å². The summed E-state index contributed by atoms with van der Waals surface area (Å²) in [4.78, 5) is 12.7. The van der Waals surface area contributed by atoms with E-state index in [0.29, 0.717) is 11.3 Å². The molecule has 1 heterocycles. The Morgan fingerprint density at radius 3 is 2.58 bits per heavy atom. The average molecular weight is 340 g/mol. The first-order chi connectivity index (χ1) is 9.10. The monoisotopic (exact) mass is 339 g/mol. The third kappa shape index (κ3) is 3.65. The summed E-state index contributed by atoms with van der Waals surface area (Å²) in [6.07, 6.45) is 0.630. The second-order valence-electron chi connectivity index (χ2n) is 4.19. The topological polar surface area (TPSA) is 49.3 Å². The SMILES string of the molecule is Cc1cc(C(=O)Nc2ccc(CCO)cc2)sc1Br. The first kappa shape index (κ1) is 14.2. The molecule has 0 saturated heterocycles. The molecule has 100 valence electrons.